The fraction of sp³-hybridized carbons (Fsp3) is 0.923. The minimum absolute atomic E-state index is 0.311. The van der Waals surface area contributed by atoms with Crippen LogP contribution in [0.15, 0.2) is 5.11 Å². The van der Waals surface area contributed by atoms with E-state index in [1.54, 1.807) is 0 Å². The van der Waals surface area contributed by atoms with Crippen LogP contribution in [0.25, 0.3) is 10.4 Å². The summed E-state index contributed by atoms with van der Waals surface area (Å²) in [6.45, 7) is 0.625. The monoisotopic (exact) mass is 255 g/mol. The van der Waals surface area contributed by atoms with Crippen molar-refractivity contribution in [3.63, 3.8) is 0 Å². The van der Waals surface area contributed by atoms with Gasteiger partial charge in [-0.15, -0.1) is 0 Å². The maximum Gasteiger partial charge on any atom is 0.303 e. The Balaban J connectivity index is 2.98. The van der Waals surface area contributed by atoms with E-state index in [2.05, 4.69) is 10.0 Å². The lowest BCUT2D eigenvalue weighted by Crippen LogP contribution is -1.93. The van der Waals surface area contributed by atoms with Crippen molar-refractivity contribution >= 4 is 5.97 Å². The first-order valence-electron chi connectivity index (χ1n) is 7.00. The van der Waals surface area contributed by atoms with Crippen LogP contribution in [0.4, 0.5) is 0 Å². The summed E-state index contributed by atoms with van der Waals surface area (Å²) >= 11 is 0. The number of carboxylic acids is 1. The largest absolute Gasteiger partial charge is 0.481 e. The van der Waals surface area contributed by atoms with Gasteiger partial charge in [0.05, 0.1) is 0 Å². The number of nitrogens with zero attached hydrogens (tertiary/aromatic N) is 3. The molecular formula is C13H25N3O2. The number of carbonyl (C=O) groups is 1. The molecule has 0 aliphatic heterocycles. The highest BCUT2D eigenvalue weighted by atomic mass is 16.4. The summed E-state index contributed by atoms with van der Waals surface area (Å²) in [4.78, 5) is 13.0. The molecule has 0 unspecified atom stereocenters. The molecule has 0 bridgehead atoms. The van der Waals surface area contributed by atoms with Crippen LogP contribution in [0.5, 0.6) is 0 Å². The topological polar surface area (TPSA) is 86.1 Å². The smallest absolute Gasteiger partial charge is 0.303 e. The Morgan fingerprint density at radius 3 is 1.78 bits per heavy atom. The summed E-state index contributed by atoms with van der Waals surface area (Å²) in [6, 6.07) is 0. The van der Waals surface area contributed by atoms with Gasteiger partial charge in [0.2, 0.25) is 0 Å². The molecule has 0 spiro atoms. The quantitative estimate of drug-likeness (QED) is 0.224. The molecule has 0 rings (SSSR count). The van der Waals surface area contributed by atoms with Crippen molar-refractivity contribution < 1.29 is 9.90 Å². The van der Waals surface area contributed by atoms with E-state index in [4.69, 9.17) is 10.6 Å². The standard InChI is InChI=1S/C13H25N3O2/c14-16-15-12-10-8-6-4-2-1-3-5-7-9-11-13(17)18/h1-12H2,(H,17,18). The molecule has 0 amide bonds. The van der Waals surface area contributed by atoms with Gasteiger partial charge in [-0.05, 0) is 18.4 Å². The predicted molar refractivity (Wildman–Crippen MR) is 72.4 cm³/mol. The van der Waals surface area contributed by atoms with Crippen LogP contribution in [0.3, 0.4) is 0 Å². The average molecular weight is 255 g/mol. The molecular weight excluding hydrogens is 230 g/mol. The Morgan fingerprint density at radius 1 is 0.889 bits per heavy atom. The third kappa shape index (κ3) is 14.8. The zero-order valence-electron chi connectivity index (χ0n) is 11.2. The SMILES string of the molecule is [N-]=[N+]=NCCCCCCCCCCCCC(=O)O. The van der Waals surface area contributed by atoms with E-state index in [9.17, 15) is 4.79 Å². The number of aliphatic carboxylic acids is 1. The zero-order valence-corrected chi connectivity index (χ0v) is 11.2. The van der Waals surface area contributed by atoms with E-state index < -0.39 is 5.97 Å². The summed E-state index contributed by atoms with van der Waals surface area (Å²) in [6.07, 6.45) is 11.7. The number of unbranched alkanes of at least 4 members (excludes halogenated alkanes) is 9. The van der Waals surface area contributed by atoms with Crippen LogP contribution in [-0.2, 0) is 4.79 Å². The average Bonchev–Trinajstić information content (AvgIpc) is 2.34. The van der Waals surface area contributed by atoms with Crippen molar-refractivity contribution in [2.75, 3.05) is 6.54 Å². The first kappa shape index (κ1) is 16.8. The summed E-state index contributed by atoms with van der Waals surface area (Å²) in [5, 5.41) is 12.0. The number of azide groups is 1. The molecule has 0 atom stereocenters. The zero-order chi connectivity index (χ0) is 13.5. The van der Waals surface area contributed by atoms with E-state index in [1.165, 1.54) is 32.1 Å². The Bertz CT molecular complexity index is 239. The molecule has 0 radical (unpaired) electrons. The van der Waals surface area contributed by atoms with Gasteiger partial charge in [-0.1, -0.05) is 56.5 Å². The maximum absolute atomic E-state index is 10.3. The van der Waals surface area contributed by atoms with Crippen molar-refractivity contribution in [1.29, 1.82) is 0 Å². The first-order chi connectivity index (χ1) is 8.77. The van der Waals surface area contributed by atoms with Gasteiger partial charge >= 0.3 is 5.97 Å². The van der Waals surface area contributed by atoms with Gasteiger partial charge in [-0.25, -0.2) is 0 Å². The van der Waals surface area contributed by atoms with Gasteiger partial charge < -0.3 is 5.11 Å². The molecule has 0 aromatic carbocycles. The minimum Gasteiger partial charge on any atom is -0.481 e. The molecule has 0 aliphatic rings. The molecule has 5 heteroatoms. The molecule has 0 fully saturated rings. The Morgan fingerprint density at radius 2 is 1.33 bits per heavy atom. The highest BCUT2D eigenvalue weighted by Gasteiger charge is 1.96. The van der Waals surface area contributed by atoms with E-state index in [-0.39, 0.29) is 0 Å². The lowest BCUT2D eigenvalue weighted by atomic mass is 10.1. The molecule has 0 aromatic rings. The van der Waals surface area contributed by atoms with Crippen LogP contribution in [0, 0.1) is 0 Å². The fourth-order valence-electron chi connectivity index (χ4n) is 1.92. The normalized spacial score (nSPS) is 10.0. The summed E-state index contributed by atoms with van der Waals surface area (Å²) in [5.74, 6) is -0.685. The second kappa shape index (κ2) is 13.8. The van der Waals surface area contributed by atoms with Crippen molar-refractivity contribution in [2.24, 2.45) is 5.11 Å². The molecule has 0 saturated heterocycles. The van der Waals surface area contributed by atoms with Crippen LogP contribution >= 0.6 is 0 Å². The third-order valence-corrected chi connectivity index (χ3v) is 2.96. The van der Waals surface area contributed by atoms with Crippen molar-refractivity contribution in [1.82, 2.24) is 0 Å². The molecule has 1 N–H and O–H groups in total. The molecule has 0 aliphatic carbocycles. The van der Waals surface area contributed by atoms with Gasteiger partial charge in [-0.3, -0.25) is 4.79 Å². The van der Waals surface area contributed by atoms with Crippen molar-refractivity contribution in [3.8, 4) is 0 Å². The second-order valence-corrected chi connectivity index (χ2v) is 4.63. The Kier molecular flexibility index (Phi) is 12.9. The van der Waals surface area contributed by atoms with Gasteiger partial charge in [0, 0.05) is 17.9 Å². The van der Waals surface area contributed by atoms with Gasteiger partial charge in [-0.2, -0.15) is 0 Å². The van der Waals surface area contributed by atoms with Crippen LogP contribution in [0.2, 0.25) is 0 Å². The van der Waals surface area contributed by atoms with E-state index in [0.717, 1.165) is 32.1 Å². The summed E-state index contributed by atoms with van der Waals surface area (Å²) in [7, 11) is 0. The fourth-order valence-corrected chi connectivity index (χ4v) is 1.92. The number of hydrogen-bond donors (Lipinski definition) is 1. The molecule has 5 nitrogen and oxygen atoms in total. The van der Waals surface area contributed by atoms with Crippen LogP contribution in [0.1, 0.15) is 70.6 Å². The van der Waals surface area contributed by atoms with Crippen LogP contribution in [-0.4, -0.2) is 17.6 Å². The molecule has 18 heavy (non-hydrogen) atoms. The first-order valence-corrected chi connectivity index (χ1v) is 7.00. The molecule has 0 saturated carbocycles. The Labute approximate surface area is 109 Å². The van der Waals surface area contributed by atoms with E-state index in [0.29, 0.717) is 13.0 Å². The number of carboxylic acid groups (broad SMARTS) is 1. The minimum atomic E-state index is -0.685. The second-order valence-electron chi connectivity index (χ2n) is 4.63. The summed E-state index contributed by atoms with van der Waals surface area (Å²) < 4.78 is 0. The number of rotatable bonds is 13. The number of hydrogen-bond acceptors (Lipinski definition) is 2. The van der Waals surface area contributed by atoms with Crippen LogP contribution < -0.4 is 0 Å². The maximum atomic E-state index is 10.3. The third-order valence-electron chi connectivity index (χ3n) is 2.96. The lowest BCUT2D eigenvalue weighted by molar-refractivity contribution is -0.137. The molecule has 104 valence electrons. The predicted octanol–water partition coefficient (Wildman–Crippen LogP) is 4.67. The van der Waals surface area contributed by atoms with Gasteiger partial charge in [0.1, 0.15) is 0 Å². The highest BCUT2D eigenvalue weighted by molar-refractivity contribution is 5.66. The van der Waals surface area contributed by atoms with Gasteiger partial charge in [0.15, 0.2) is 0 Å². The lowest BCUT2D eigenvalue weighted by Gasteiger charge is -2.01. The van der Waals surface area contributed by atoms with Crippen molar-refractivity contribution in [2.45, 2.75) is 70.6 Å². The van der Waals surface area contributed by atoms with E-state index >= 15 is 0 Å². The highest BCUT2D eigenvalue weighted by Crippen LogP contribution is 2.11. The Hall–Kier alpha value is -1.22. The molecule has 0 heterocycles. The summed E-state index contributed by atoms with van der Waals surface area (Å²) in [5.41, 5.74) is 8.08. The molecule has 0 aromatic heterocycles. The van der Waals surface area contributed by atoms with Gasteiger partial charge in [0.25, 0.3) is 0 Å². The van der Waals surface area contributed by atoms with E-state index in [1.807, 2.05) is 0 Å². The van der Waals surface area contributed by atoms with Crippen molar-refractivity contribution in [3.05, 3.63) is 10.4 Å².